The Balaban J connectivity index is 0.00000363. The lowest BCUT2D eigenvalue weighted by molar-refractivity contribution is 0.0513. The summed E-state index contributed by atoms with van der Waals surface area (Å²) in [6, 6.07) is 8.53. The molecule has 2 saturated heterocycles. The van der Waals surface area contributed by atoms with Crippen LogP contribution in [-0.2, 0) is 19.6 Å². The second kappa shape index (κ2) is 14.9. The number of nitrogens with zero attached hydrogens (tertiary/aromatic N) is 1. The molecule has 0 bridgehead atoms. The van der Waals surface area contributed by atoms with Crippen LogP contribution < -0.4 is 15.4 Å². The molecule has 0 amide bonds. The zero-order valence-electron chi connectivity index (χ0n) is 19.6. The number of ether oxygens (including phenoxy) is 4. The Morgan fingerprint density at radius 3 is 2.56 bits per heavy atom. The van der Waals surface area contributed by atoms with Gasteiger partial charge in [-0.05, 0) is 50.3 Å². The third-order valence-electron chi connectivity index (χ3n) is 6.18. The van der Waals surface area contributed by atoms with E-state index in [-0.39, 0.29) is 29.4 Å². The van der Waals surface area contributed by atoms with Gasteiger partial charge in [-0.15, -0.1) is 24.0 Å². The van der Waals surface area contributed by atoms with E-state index >= 15 is 0 Å². The summed E-state index contributed by atoms with van der Waals surface area (Å²) in [5, 5.41) is 6.96. The predicted octanol–water partition coefficient (Wildman–Crippen LogP) is 3.36. The van der Waals surface area contributed by atoms with Crippen LogP contribution in [0.3, 0.4) is 0 Å². The number of rotatable bonds is 11. The van der Waals surface area contributed by atoms with Crippen molar-refractivity contribution in [3.8, 4) is 5.75 Å². The summed E-state index contributed by atoms with van der Waals surface area (Å²) in [4.78, 5) is 4.40. The molecule has 2 fully saturated rings. The molecule has 0 spiro atoms. The number of nitrogens with one attached hydrogen (secondary N) is 2. The molecule has 0 saturated carbocycles. The van der Waals surface area contributed by atoms with E-state index in [2.05, 4.69) is 39.9 Å². The van der Waals surface area contributed by atoms with E-state index in [0.717, 1.165) is 90.1 Å². The summed E-state index contributed by atoms with van der Waals surface area (Å²) in [5.41, 5.74) is 1.36. The van der Waals surface area contributed by atoms with Gasteiger partial charge in [0.1, 0.15) is 5.75 Å². The normalized spacial score (nSPS) is 20.4. The molecule has 8 heteroatoms. The first-order valence-electron chi connectivity index (χ1n) is 11.7. The quantitative estimate of drug-likeness (QED) is 0.187. The number of guanidine groups is 1. The van der Waals surface area contributed by atoms with Gasteiger partial charge in [0.2, 0.25) is 0 Å². The molecule has 2 heterocycles. The van der Waals surface area contributed by atoms with Crippen molar-refractivity contribution < 1.29 is 18.9 Å². The molecule has 0 radical (unpaired) electrons. The molecular formula is C24H40IN3O4. The first kappa shape index (κ1) is 27.1. The third kappa shape index (κ3) is 8.35. The number of halogens is 1. The highest BCUT2D eigenvalue weighted by molar-refractivity contribution is 14.0. The SMILES string of the molecule is CCOc1ccc(C2(CNC(=NC)NCCCOCC3CCOC3)CCOCC2)cc1.I. The van der Waals surface area contributed by atoms with Crippen molar-refractivity contribution in [2.75, 3.05) is 66.4 Å². The standard InChI is InChI=1S/C24H39N3O4.HI/c1-3-31-22-7-5-21(6-8-22)24(10-15-28-16-11-24)19-27-23(25-2)26-12-4-13-29-17-20-9-14-30-18-20;/h5-8,20H,3-4,9-19H2,1-2H3,(H2,25,26,27);1H. The van der Waals surface area contributed by atoms with Crippen LogP contribution in [0.5, 0.6) is 5.75 Å². The second-order valence-electron chi connectivity index (χ2n) is 8.36. The highest BCUT2D eigenvalue weighted by Gasteiger charge is 2.34. The summed E-state index contributed by atoms with van der Waals surface area (Å²) >= 11 is 0. The minimum absolute atomic E-state index is 0. The Hall–Kier alpha value is -1.10. The molecule has 182 valence electrons. The molecule has 3 rings (SSSR count). The van der Waals surface area contributed by atoms with Crippen LogP contribution in [0.2, 0.25) is 0 Å². The van der Waals surface area contributed by atoms with Gasteiger partial charge in [0.05, 0.1) is 19.8 Å². The predicted molar refractivity (Wildman–Crippen MR) is 138 cm³/mol. The van der Waals surface area contributed by atoms with E-state index in [9.17, 15) is 0 Å². The molecule has 1 unspecified atom stereocenters. The first-order chi connectivity index (χ1) is 15.3. The molecule has 0 aliphatic carbocycles. The van der Waals surface area contributed by atoms with Crippen molar-refractivity contribution in [1.82, 2.24) is 10.6 Å². The summed E-state index contributed by atoms with van der Waals surface area (Å²) in [7, 11) is 1.82. The third-order valence-corrected chi connectivity index (χ3v) is 6.18. The molecule has 2 N–H and O–H groups in total. The smallest absolute Gasteiger partial charge is 0.191 e. The fourth-order valence-electron chi connectivity index (χ4n) is 4.22. The van der Waals surface area contributed by atoms with Gasteiger partial charge in [-0.3, -0.25) is 4.99 Å². The van der Waals surface area contributed by atoms with Gasteiger partial charge >= 0.3 is 0 Å². The Morgan fingerprint density at radius 1 is 1.12 bits per heavy atom. The minimum atomic E-state index is 0. The molecular weight excluding hydrogens is 521 g/mol. The molecule has 2 aliphatic rings. The van der Waals surface area contributed by atoms with Crippen molar-refractivity contribution in [2.24, 2.45) is 10.9 Å². The highest BCUT2D eigenvalue weighted by atomic mass is 127. The van der Waals surface area contributed by atoms with Crippen LogP contribution in [-0.4, -0.2) is 72.3 Å². The van der Waals surface area contributed by atoms with Crippen LogP contribution in [0, 0.1) is 5.92 Å². The lowest BCUT2D eigenvalue weighted by atomic mass is 9.74. The zero-order chi connectivity index (χ0) is 21.8. The lowest BCUT2D eigenvalue weighted by Crippen LogP contribution is -2.48. The first-order valence-corrected chi connectivity index (χ1v) is 11.7. The van der Waals surface area contributed by atoms with E-state index < -0.39 is 0 Å². The number of hydrogen-bond donors (Lipinski definition) is 2. The van der Waals surface area contributed by atoms with Crippen LogP contribution in [0.15, 0.2) is 29.3 Å². The topological polar surface area (TPSA) is 73.3 Å². The van der Waals surface area contributed by atoms with Gasteiger partial charge in [-0.2, -0.15) is 0 Å². The maximum atomic E-state index is 5.78. The summed E-state index contributed by atoms with van der Waals surface area (Å²) in [6.45, 7) is 9.19. The fourth-order valence-corrected chi connectivity index (χ4v) is 4.22. The number of hydrogen-bond acceptors (Lipinski definition) is 5. The van der Waals surface area contributed by atoms with Crippen LogP contribution in [0.4, 0.5) is 0 Å². The summed E-state index contributed by atoms with van der Waals surface area (Å²) < 4.78 is 22.4. The molecule has 0 aromatic heterocycles. The van der Waals surface area contributed by atoms with Crippen molar-refractivity contribution in [3.63, 3.8) is 0 Å². The van der Waals surface area contributed by atoms with Crippen LogP contribution >= 0.6 is 24.0 Å². The summed E-state index contributed by atoms with van der Waals surface area (Å²) in [6.07, 6.45) is 4.05. The zero-order valence-corrected chi connectivity index (χ0v) is 21.9. The molecule has 7 nitrogen and oxygen atoms in total. The van der Waals surface area contributed by atoms with Gasteiger partial charge in [-0.1, -0.05) is 12.1 Å². The summed E-state index contributed by atoms with van der Waals surface area (Å²) in [5.74, 6) is 2.32. The van der Waals surface area contributed by atoms with E-state index in [4.69, 9.17) is 18.9 Å². The second-order valence-corrected chi connectivity index (χ2v) is 8.36. The van der Waals surface area contributed by atoms with Gasteiger partial charge in [0.15, 0.2) is 5.96 Å². The van der Waals surface area contributed by atoms with Crippen molar-refractivity contribution in [2.45, 2.75) is 38.0 Å². The maximum absolute atomic E-state index is 5.78. The monoisotopic (exact) mass is 561 g/mol. The van der Waals surface area contributed by atoms with Crippen LogP contribution in [0.25, 0.3) is 0 Å². The Labute approximate surface area is 210 Å². The van der Waals surface area contributed by atoms with Gasteiger partial charge in [0, 0.05) is 57.9 Å². The van der Waals surface area contributed by atoms with E-state index in [1.54, 1.807) is 0 Å². The largest absolute Gasteiger partial charge is 0.494 e. The van der Waals surface area contributed by atoms with Gasteiger partial charge < -0.3 is 29.6 Å². The molecule has 1 atom stereocenters. The van der Waals surface area contributed by atoms with Crippen molar-refractivity contribution in [1.29, 1.82) is 0 Å². The highest BCUT2D eigenvalue weighted by Crippen LogP contribution is 2.35. The van der Waals surface area contributed by atoms with Crippen LogP contribution in [0.1, 0.15) is 38.2 Å². The number of aliphatic imine (C=N–C) groups is 1. The van der Waals surface area contributed by atoms with E-state index in [1.807, 2.05) is 14.0 Å². The Bertz CT molecular complexity index is 660. The van der Waals surface area contributed by atoms with Crippen molar-refractivity contribution >= 4 is 29.9 Å². The molecule has 2 aliphatic heterocycles. The molecule has 1 aromatic carbocycles. The number of benzene rings is 1. The fraction of sp³-hybridized carbons (Fsp3) is 0.708. The van der Waals surface area contributed by atoms with Gasteiger partial charge in [-0.25, -0.2) is 0 Å². The van der Waals surface area contributed by atoms with E-state index in [1.165, 1.54) is 5.56 Å². The Morgan fingerprint density at radius 2 is 1.91 bits per heavy atom. The van der Waals surface area contributed by atoms with E-state index in [0.29, 0.717) is 12.5 Å². The average Bonchev–Trinajstić information content (AvgIpc) is 3.33. The average molecular weight is 562 g/mol. The van der Waals surface area contributed by atoms with Crippen molar-refractivity contribution in [3.05, 3.63) is 29.8 Å². The molecule has 1 aromatic rings. The maximum Gasteiger partial charge on any atom is 0.191 e. The Kier molecular flexibility index (Phi) is 12.7. The van der Waals surface area contributed by atoms with Gasteiger partial charge in [0.25, 0.3) is 0 Å². The minimum Gasteiger partial charge on any atom is -0.494 e. The molecule has 32 heavy (non-hydrogen) atoms. The lowest BCUT2D eigenvalue weighted by Gasteiger charge is -2.38.